The van der Waals surface area contributed by atoms with E-state index < -0.39 is 0 Å². The minimum atomic E-state index is -0.101. The summed E-state index contributed by atoms with van der Waals surface area (Å²) < 4.78 is 0. The third-order valence-corrected chi connectivity index (χ3v) is 3.48. The summed E-state index contributed by atoms with van der Waals surface area (Å²) in [5.74, 6) is 0.550. The molecule has 2 rings (SSSR count). The molecule has 0 saturated heterocycles. The number of hydrogen-bond acceptors (Lipinski definition) is 4. The molecular formula is C15H13N3OS. The summed E-state index contributed by atoms with van der Waals surface area (Å²) in [7, 11) is 0. The number of carbonyl (C=O) groups is 1. The Balaban J connectivity index is 1.83. The van der Waals surface area contributed by atoms with Crippen molar-refractivity contribution in [1.82, 2.24) is 4.98 Å². The van der Waals surface area contributed by atoms with Gasteiger partial charge in [0.2, 0.25) is 5.91 Å². The van der Waals surface area contributed by atoms with E-state index in [0.717, 1.165) is 5.03 Å². The van der Waals surface area contributed by atoms with Gasteiger partial charge in [0.05, 0.1) is 16.3 Å². The Morgan fingerprint density at radius 2 is 2.05 bits per heavy atom. The second-order valence-corrected chi connectivity index (χ2v) is 5.09. The van der Waals surface area contributed by atoms with Crippen molar-refractivity contribution in [2.24, 2.45) is 0 Å². The number of nitriles is 1. The van der Waals surface area contributed by atoms with Crippen molar-refractivity contribution in [3.63, 3.8) is 0 Å². The first kappa shape index (κ1) is 14.1. The number of hydrogen-bond donors (Lipinski definition) is 1. The highest BCUT2D eigenvalue weighted by Crippen LogP contribution is 2.17. The highest BCUT2D eigenvalue weighted by molar-refractivity contribution is 7.99. The Hall–Kier alpha value is -2.32. The van der Waals surface area contributed by atoms with Gasteiger partial charge in [0, 0.05) is 18.4 Å². The molecule has 0 saturated carbocycles. The second-order valence-electron chi connectivity index (χ2n) is 3.97. The smallest absolute Gasteiger partial charge is 0.225 e. The van der Waals surface area contributed by atoms with Gasteiger partial charge in [-0.15, -0.1) is 11.8 Å². The molecule has 2 aromatic rings. The lowest BCUT2D eigenvalue weighted by molar-refractivity contribution is -0.115. The fourth-order valence-electron chi connectivity index (χ4n) is 1.58. The fraction of sp³-hybridized carbons (Fsp3) is 0.133. The Morgan fingerprint density at radius 3 is 2.80 bits per heavy atom. The molecule has 1 N–H and O–H groups in total. The molecule has 0 fully saturated rings. The van der Waals surface area contributed by atoms with E-state index in [1.807, 2.05) is 18.2 Å². The van der Waals surface area contributed by atoms with E-state index in [9.17, 15) is 4.79 Å². The van der Waals surface area contributed by atoms with Gasteiger partial charge in [-0.3, -0.25) is 4.79 Å². The number of para-hydroxylation sites is 1. The van der Waals surface area contributed by atoms with Crippen LogP contribution < -0.4 is 5.32 Å². The number of pyridine rings is 1. The lowest BCUT2D eigenvalue weighted by atomic mass is 10.2. The second kappa shape index (κ2) is 7.31. The van der Waals surface area contributed by atoms with Gasteiger partial charge in [-0.2, -0.15) is 5.26 Å². The van der Waals surface area contributed by atoms with Gasteiger partial charge in [0.15, 0.2) is 0 Å². The van der Waals surface area contributed by atoms with Crippen LogP contribution in [0.25, 0.3) is 0 Å². The molecule has 4 nitrogen and oxygen atoms in total. The molecule has 0 aliphatic heterocycles. The van der Waals surface area contributed by atoms with Crippen molar-refractivity contribution in [3.05, 3.63) is 54.2 Å². The largest absolute Gasteiger partial charge is 0.325 e. The maximum atomic E-state index is 11.8. The van der Waals surface area contributed by atoms with Crippen LogP contribution in [0.4, 0.5) is 5.69 Å². The minimum absolute atomic E-state index is 0.101. The molecule has 1 heterocycles. The molecular weight excluding hydrogens is 270 g/mol. The summed E-state index contributed by atoms with van der Waals surface area (Å²) in [6.45, 7) is 0. The molecule has 0 spiro atoms. The van der Waals surface area contributed by atoms with E-state index in [1.54, 1.807) is 30.5 Å². The Bertz CT molecular complexity index is 623. The number of carbonyl (C=O) groups excluding carboxylic acids is 1. The Morgan fingerprint density at radius 1 is 1.25 bits per heavy atom. The summed E-state index contributed by atoms with van der Waals surface area (Å²) in [6.07, 6.45) is 2.10. The first-order chi connectivity index (χ1) is 9.79. The maximum absolute atomic E-state index is 11.8. The van der Waals surface area contributed by atoms with Crippen molar-refractivity contribution in [2.75, 3.05) is 11.1 Å². The zero-order valence-electron chi connectivity index (χ0n) is 10.7. The molecule has 20 heavy (non-hydrogen) atoms. The molecule has 5 heteroatoms. The van der Waals surface area contributed by atoms with Crippen molar-refractivity contribution < 1.29 is 4.79 Å². The molecule has 0 atom stereocenters. The van der Waals surface area contributed by atoms with E-state index in [1.165, 1.54) is 11.8 Å². The molecule has 1 amide bonds. The normalized spacial score (nSPS) is 9.75. The predicted octanol–water partition coefficient (Wildman–Crippen LogP) is 3.07. The van der Waals surface area contributed by atoms with Crippen molar-refractivity contribution >= 4 is 23.4 Å². The van der Waals surface area contributed by atoms with E-state index in [2.05, 4.69) is 16.4 Å². The third-order valence-electron chi connectivity index (χ3n) is 2.54. The number of rotatable bonds is 5. The molecule has 1 aromatic heterocycles. The minimum Gasteiger partial charge on any atom is -0.325 e. The van der Waals surface area contributed by atoms with Gasteiger partial charge >= 0.3 is 0 Å². The first-order valence-electron chi connectivity index (χ1n) is 6.12. The van der Waals surface area contributed by atoms with Crippen LogP contribution in [-0.2, 0) is 4.79 Å². The lowest BCUT2D eigenvalue weighted by Crippen LogP contribution is -2.13. The van der Waals surface area contributed by atoms with Gasteiger partial charge in [-0.1, -0.05) is 18.2 Å². The third kappa shape index (κ3) is 4.11. The van der Waals surface area contributed by atoms with Crippen LogP contribution in [0.1, 0.15) is 12.0 Å². The number of anilines is 1. The van der Waals surface area contributed by atoms with Gasteiger partial charge in [-0.25, -0.2) is 4.98 Å². The average molecular weight is 283 g/mol. The quantitative estimate of drug-likeness (QED) is 0.856. The first-order valence-corrected chi connectivity index (χ1v) is 7.11. The molecule has 100 valence electrons. The highest BCUT2D eigenvalue weighted by atomic mass is 32.2. The Kier molecular flexibility index (Phi) is 5.15. The molecule has 0 aliphatic rings. The van der Waals surface area contributed by atoms with Crippen LogP contribution in [0.3, 0.4) is 0 Å². The van der Waals surface area contributed by atoms with E-state index in [0.29, 0.717) is 23.4 Å². The lowest BCUT2D eigenvalue weighted by Gasteiger charge is -2.06. The zero-order valence-corrected chi connectivity index (χ0v) is 11.6. The monoisotopic (exact) mass is 283 g/mol. The predicted molar refractivity (Wildman–Crippen MR) is 79.4 cm³/mol. The Labute approximate surface area is 121 Å². The summed E-state index contributed by atoms with van der Waals surface area (Å²) >= 11 is 1.53. The van der Waals surface area contributed by atoms with E-state index in [-0.39, 0.29) is 5.91 Å². The van der Waals surface area contributed by atoms with Crippen LogP contribution in [0.5, 0.6) is 0 Å². The zero-order chi connectivity index (χ0) is 14.2. The summed E-state index contributed by atoms with van der Waals surface area (Å²) in [6, 6.07) is 14.7. The number of aromatic nitrogens is 1. The van der Waals surface area contributed by atoms with E-state index >= 15 is 0 Å². The summed E-state index contributed by atoms with van der Waals surface area (Å²) in [5, 5.41) is 12.6. The van der Waals surface area contributed by atoms with E-state index in [4.69, 9.17) is 5.26 Å². The molecule has 0 bridgehead atoms. The number of nitrogens with zero attached hydrogens (tertiary/aromatic N) is 2. The number of benzene rings is 1. The van der Waals surface area contributed by atoms with Crippen LogP contribution >= 0.6 is 11.8 Å². The maximum Gasteiger partial charge on any atom is 0.225 e. The van der Waals surface area contributed by atoms with Gasteiger partial charge in [0.25, 0.3) is 0 Å². The van der Waals surface area contributed by atoms with Gasteiger partial charge < -0.3 is 5.32 Å². The molecule has 0 unspecified atom stereocenters. The van der Waals surface area contributed by atoms with Crippen LogP contribution in [-0.4, -0.2) is 16.6 Å². The van der Waals surface area contributed by atoms with Crippen LogP contribution in [0.15, 0.2) is 53.7 Å². The van der Waals surface area contributed by atoms with Crippen molar-refractivity contribution in [3.8, 4) is 6.07 Å². The molecule has 1 aromatic carbocycles. The SMILES string of the molecule is N#Cc1ccccc1NC(=O)CCSc1ccccn1. The fourth-order valence-corrected chi connectivity index (χ4v) is 2.39. The standard InChI is InChI=1S/C15H13N3OS/c16-11-12-5-1-2-6-13(12)18-14(19)8-10-20-15-7-3-4-9-17-15/h1-7,9H,8,10H2,(H,18,19). The van der Waals surface area contributed by atoms with Gasteiger partial charge in [-0.05, 0) is 24.3 Å². The van der Waals surface area contributed by atoms with Crippen molar-refractivity contribution in [1.29, 1.82) is 5.26 Å². The molecule has 0 radical (unpaired) electrons. The highest BCUT2D eigenvalue weighted by Gasteiger charge is 2.06. The summed E-state index contributed by atoms with van der Waals surface area (Å²) in [5.41, 5.74) is 1.03. The summed E-state index contributed by atoms with van der Waals surface area (Å²) in [4.78, 5) is 16.0. The van der Waals surface area contributed by atoms with Crippen LogP contribution in [0.2, 0.25) is 0 Å². The number of thioether (sulfide) groups is 1. The van der Waals surface area contributed by atoms with Crippen LogP contribution in [0, 0.1) is 11.3 Å². The number of amides is 1. The van der Waals surface area contributed by atoms with Gasteiger partial charge in [0.1, 0.15) is 6.07 Å². The molecule has 0 aliphatic carbocycles. The number of nitrogens with one attached hydrogen (secondary N) is 1. The van der Waals surface area contributed by atoms with Crippen molar-refractivity contribution in [2.45, 2.75) is 11.4 Å². The average Bonchev–Trinajstić information content (AvgIpc) is 2.49. The topological polar surface area (TPSA) is 65.8 Å².